The molecule has 0 amide bonds. The van der Waals surface area contributed by atoms with Crippen molar-refractivity contribution in [2.75, 3.05) is 24.6 Å². The number of ether oxygens (including phenoxy) is 1. The highest BCUT2D eigenvalue weighted by atomic mass is 19.4. The molecule has 1 aromatic rings. The first-order valence-corrected chi connectivity index (χ1v) is 7.03. The molecule has 1 aromatic carbocycles. The molecule has 0 aromatic heterocycles. The predicted molar refractivity (Wildman–Crippen MR) is 78.0 cm³/mol. The van der Waals surface area contributed by atoms with Gasteiger partial charge in [0, 0.05) is 31.2 Å². The van der Waals surface area contributed by atoms with Crippen LogP contribution in [0.2, 0.25) is 0 Å². The van der Waals surface area contributed by atoms with E-state index in [-0.39, 0.29) is 12.3 Å². The van der Waals surface area contributed by atoms with E-state index in [4.69, 9.17) is 4.74 Å². The number of benzene rings is 1. The van der Waals surface area contributed by atoms with Gasteiger partial charge in [0.1, 0.15) is 6.10 Å². The van der Waals surface area contributed by atoms with Crippen LogP contribution >= 0.6 is 0 Å². The number of anilines is 1. The zero-order valence-electron chi connectivity index (χ0n) is 11.8. The summed E-state index contributed by atoms with van der Waals surface area (Å²) in [5.41, 5.74) is -0.00635. The third-order valence-corrected chi connectivity index (χ3v) is 3.64. The second kappa shape index (κ2) is 6.10. The first kappa shape index (κ1) is 15.1. The molecule has 4 nitrogen and oxygen atoms in total. The molecule has 0 radical (unpaired) electrons. The second-order valence-electron chi connectivity index (χ2n) is 5.12. The molecule has 2 aliphatic heterocycles. The van der Waals surface area contributed by atoms with Crippen molar-refractivity contribution in [3.8, 4) is 0 Å². The van der Waals surface area contributed by atoms with Crippen LogP contribution in [0.1, 0.15) is 5.56 Å². The Bertz CT molecular complexity index is 562. The predicted octanol–water partition coefficient (Wildman–Crippen LogP) is 2.42. The summed E-state index contributed by atoms with van der Waals surface area (Å²) in [5.74, 6) is 0. The van der Waals surface area contributed by atoms with Gasteiger partial charge in [-0.25, -0.2) is 0 Å². The molecule has 22 heavy (non-hydrogen) atoms. The summed E-state index contributed by atoms with van der Waals surface area (Å²) >= 11 is 0. The van der Waals surface area contributed by atoms with Crippen LogP contribution < -0.4 is 10.2 Å². The number of alkyl halides is 3. The number of nitrogens with zero attached hydrogens (tertiary/aromatic N) is 2. The molecule has 3 rings (SSSR count). The lowest BCUT2D eigenvalue weighted by Gasteiger charge is -2.37. The summed E-state index contributed by atoms with van der Waals surface area (Å²) in [7, 11) is 0. The van der Waals surface area contributed by atoms with Crippen molar-refractivity contribution in [3.63, 3.8) is 0 Å². The van der Waals surface area contributed by atoms with Gasteiger partial charge in [0.2, 0.25) is 0 Å². The lowest BCUT2D eigenvalue weighted by molar-refractivity contribution is -0.137. The minimum atomic E-state index is -4.33. The maximum atomic E-state index is 12.6. The molecule has 0 saturated carbocycles. The number of aliphatic imine (C=N–C) groups is 1. The Morgan fingerprint density at radius 3 is 2.64 bits per heavy atom. The van der Waals surface area contributed by atoms with E-state index in [0.29, 0.717) is 18.8 Å². The van der Waals surface area contributed by atoms with Gasteiger partial charge in [-0.3, -0.25) is 4.99 Å². The normalized spacial score (nSPS) is 25.5. The molecule has 7 heteroatoms. The Hall–Kier alpha value is -1.86. The van der Waals surface area contributed by atoms with Gasteiger partial charge in [0.05, 0.1) is 12.2 Å². The number of allylic oxidation sites excluding steroid dienone is 1. The number of hydrogen-bond acceptors (Lipinski definition) is 4. The average molecular weight is 311 g/mol. The summed E-state index contributed by atoms with van der Waals surface area (Å²) in [6, 6.07) is 5.07. The minimum Gasteiger partial charge on any atom is -0.371 e. The smallest absolute Gasteiger partial charge is 0.371 e. The largest absolute Gasteiger partial charge is 0.416 e. The first-order chi connectivity index (χ1) is 10.6. The molecule has 0 spiro atoms. The van der Waals surface area contributed by atoms with Crippen molar-refractivity contribution >= 4 is 11.9 Å². The standard InChI is InChI=1S/C15H16F3N3O/c16-15(17,18)11-2-4-12(5-3-11)21-8-1-6-20-14(21)13-10-19-7-9-22-13/h1-6,8,13-14,19H,7,9-10H2. The molecule has 2 unspecified atom stereocenters. The molecular formula is C15H16F3N3O. The molecule has 118 valence electrons. The zero-order chi connectivity index (χ0) is 15.6. The van der Waals surface area contributed by atoms with E-state index in [9.17, 15) is 13.2 Å². The van der Waals surface area contributed by atoms with Crippen molar-refractivity contribution in [2.24, 2.45) is 4.99 Å². The maximum absolute atomic E-state index is 12.6. The van der Waals surface area contributed by atoms with Crippen molar-refractivity contribution in [1.82, 2.24) is 5.32 Å². The number of nitrogens with one attached hydrogen (secondary N) is 1. The summed E-state index contributed by atoms with van der Waals surface area (Å²) < 4.78 is 43.7. The molecule has 0 bridgehead atoms. The average Bonchev–Trinajstić information content (AvgIpc) is 2.55. The Kier molecular flexibility index (Phi) is 4.17. The van der Waals surface area contributed by atoms with Crippen LogP contribution in [0, 0.1) is 0 Å². The van der Waals surface area contributed by atoms with E-state index in [1.165, 1.54) is 12.1 Å². The fourth-order valence-corrected chi connectivity index (χ4v) is 2.54. The van der Waals surface area contributed by atoms with Crippen LogP contribution in [0.5, 0.6) is 0 Å². The first-order valence-electron chi connectivity index (χ1n) is 7.03. The van der Waals surface area contributed by atoms with Crippen LogP contribution in [0.3, 0.4) is 0 Å². The van der Waals surface area contributed by atoms with Gasteiger partial charge >= 0.3 is 6.18 Å². The monoisotopic (exact) mass is 311 g/mol. The lowest BCUT2D eigenvalue weighted by atomic mass is 10.1. The summed E-state index contributed by atoms with van der Waals surface area (Å²) in [6.07, 6.45) is 0.489. The summed E-state index contributed by atoms with van der Waals surface area (Å²) in [6.45, 7) is 2.05. The topological polar surface area (TPSA) is 36.9 Å². The van der Waals surface area contributed by atoms with E-state index in [1.54, 1.807) is 18.5 Å². The number of rotatable bonds is 2. The summed E-state index contributed by atoms with van der Waals surface area (Å²) in [4.78, 5) is 6.24. The van der Waals surface area contributed by atoms with Crippen LogP contribution in [-0.4, -0.2) is 38.2 Å². The van der Waals surface area contributed by atoms with E-state index in [0.717, 1.165) is 18.7 Å². The van der Waals surface area contributed by atoms with Gasteiger partial charge in [0.25, 0.3) is 0 Å². The molecule has 2 atom stereocenters. The van der Waals surface area contributed by atoms with Crippen LogP contribution in [0.4, 0.5) is 18.9 Å². The van der Waals surface area contributed by atoms with Gasteiger partial charge in [0.15, 0.2) is 6.17 Å². The Balaban J connectivity index is 1.82. The third kappa shape index (κ3) is 3.15. The molecule has 2 heterocycles. The highest BCUT2D eigenvalue weighted by Crippen LogP contribution is 2.31. The summed E-state index contributed by atoms with van der Waals surface area (Å²) in [5, 5.41) is 3.23. The molecule has 1 saturated heterocycles. The molecule has 0 aliphatic carbocycles. The maximum Gasteiger partial charge on any atom is 0.416 e. The van der Waals surface area contributed by atoms with Crippen LogP contribution in [0.15, 0.2) is 41.5 Å². The number of halogens is 3. The van der Waals surface area contributed by atoms with Gasteiger partial charge < -0.3 is 15.0 Å². The van der Waals surface area contributed by atoms with Crippen molar-refractivity contribution in [2.45, 2.75) is 18.4 Å². The Morgan fingerprint density at radius 1 is 1.23 bits per heavy atom. The Morgan fingerprint density at radius 2 is 2.00 bits per heavy atom. The van der Waals surface area contributed by atoms with Crippen LogP contribution in [0.25, 0.3) is 0 Å². The van der Waals surface area contributed by atoms with E-state index in [2.05, 4.69) is 10.3 Å². The molecule has 1 N–H and O–H groups in total. The molecular weight excluding hydrogens is 295 g/mol. The molecule has 2 aliphatic rings. The quantitative estimate of drug-likeness (QED) is 0.911. The van der Waals surface area contributed by atoms with Crippen molar-refractivity contribution in [3.05, 3.63) is 42.1 Å². The van der Waals surface area contributed by atoms with Crippen molar-refractivity contribution in [1.29, 1.82) is 0 Å². The molecule has 1 fully saturated rings. The lowest BCUT2D eigenvalue weighted by Crippen LogP contribution is -2.51. The van der Waals surface area contributed by atoms with Gasteiger partial charge in [-0.1, -0.05) is 0 Å². The number of morpholine rings is 1. The van der Waals surface area contributed by atoms with E-state index >= 15 is 0 Å². The van der Waals surface area contributed by atoms with Gasteiger partial charge in [-0.05, 0) is 30.3 Å². The fourth-order valence-electron chi connectivity index (χ4n) is 2.54. The second-order valence-corrected chi connectivity index (χ2v) is 5.12. The fraction of sp³-hybridized carbons (Fsp3) is 0.400. The Labute approximate surface area is 126 Å². The minimum absolute atomic E-state index is 0.141. The SMILES string of the molecule is FC(F)(F)c1ccc(N2C=CC=NC2C2CNCCO2)cc1. The number of hydrogen-bond donors (Lipinski definition) is 1. The highest BCUT2D eigenvalue weighted by molar-refractivity contribution is 5.75. The van der Waals surface area contributed by atoms with E-state index in [1.807, 2.05) is 4.90 Å². The third-order valence-electron chi connectivity index (χ3n) is 3.64. The van der Waals surface area contributed by atoms with Gasteiger partial charge in [-0.15, -0.1) is 0 Å². The van der Waals surface area contributed by atoms with Crippen molar-refractivity contribution < 1.29 is 17.9 Å². The highest BCUT2D eigenvalue weighted by Gasteiger charge is 2.32. The van der Waals surface area contributed by atoms with E-state index < -0.39 is 11.7 Å². The van der Waals surface area contributed by atoms with Gasteiger partial charge in [-0.2, -0.15) is 13.2 Å². The van der Waals surface area contributed by atoms with Crippen LogP contribution in [-0.2, 0) is 10.9 Å². The zero-order valence-corrected chi connectivity index (χ0v) is 11.8.